The zero-order valence-electron chi connectivity index (χ0n) is 10.7. The van der Waals surface area contributed by atoms with Gasteiger partial charge in [0.15, 0.2) is 9.84 Å². The van der Waals surface area contributed by atoms with E-state index in [0.29, 0.717) is 30.1 Å². The number of nitrogens with zero attached hydrogens (tertiary/aromatic N) is 1. The minimum Gasteiger partial charge on any atom is -0.399 e. The molecule has 0 radical (unpaired) electrons. The van der Waals surface area contributed by atoms with Crippen LogP contribution >= 0.6 is 11.8 Å². The Labute approximate surface area is 117 Å². The van der Waals surface area contributed by atoms with E-state index in [4.69, 9.17) is 5.73 Å². The van der Waals surface area contributed by atoms with Gasteiger partial charge in [0.2, 0.25) is 0 Å². The molecular formula is C12H17FN2O2S2. The van der Waals surface area contributed by atoms with Crippen molar-refractivity contribution in [1.82, 2.24) is 4.90 Å². The molecule has 1 unspecified atom stereocenters. The van der Waals surface area contributed by atoms with E-state index in [2.05, 4.69) is 0 Å². The predicted octanol–water partition coefficient (Wildman–Crippen LogP) is 1.33. The Hall–Kier alpha value is -0.790. The van der Waals surface area contributed by atoms with E-state index < -0.39 is 21.0 Å². The van der Waals surface area contributed by atoms with E-state index in [1.165, 1.54) is 18.4 Å². The van der Waals surface area contributed by atoms with Crippen LogP contribution in [0.2, 0.25) is 0 Å². The first-order valence-corrected chi connectivity index (χ1v) is 9.03. The monoisotopic (exact) mass is 304 g/mol. The number of hydrogen-bond acceptors (Lipinski definition) is 5. The van der Waals surface area contributed by atoms with Crippen LogP contribution in [0, 0.1) is 5.82 Å². The molecule has 0 aromatic heterocycles. The van der Waals surface area contributed by atoms with Crippen LogP contribution in [-0.4, -0.2) is 43.0 Å². The number of sulfone groups is 1. The molecule has 1 saturated heterocycles. The minimum absolute atomic E-state index is 0.359. The van der Waals surface area contributed by atoms with Crippen LogP contribution in [0.3, 0.4) is 0 Å². The second-order valence-corrected chi connectivity index (χ2v) is 8.08. The molecule has 2 rings (SSSR count). The van der Waals surface area contributed by atoms with E-state index in [0.717, 1.165) is 5.75 Å². The lowest BCUT2D eigenvalue weighted by atomic mass is 10.2. The molecule has 1 fully saturated rings. The van der Waals surface area contributed by atoms with Crippen LogP contribution in [0.25, 0.3) is 0 Å². The highest BCUT2D eigenvalue weighted by atomic mass is 32.2. The van der Waals surface area contributed by atoms with E-state index in [1.54, 1.807) is 17.8 Å². The van der Waals surface area contributed by atoms with Crippen molar-refractivity contribution >= 4 is 27.3 Å². The first-order valence-electron chi connectivity index (χ1n) is 5.92. The van der Waals surface area contributed by atoms with Gasteiger partial charge in [0, 0.05) is 36.5 Å². The zero-order valence-corrected chi connectivity index (χ0v) is 12.3. The van der Waals surface area contributed by atoms with Crippen molar-refractivity contribution in [3.63, 3.8) is 0 Å². The van der Waals surface area contributed by atoms with Gasteiger partial charge in [-0.3, -0.25) is 4.90 Å². The smallest absolute Gasteiger partial charge is 0.164 e. The summed E-state index contributed by atoms with van der Waals surface area (Å²) in [5.74, 6) is 1.05. The molecule has 1 aromatic rings. The second kappa shape index (κ2) is 5.68. The van der Waals surface area contributed by atoms with Crippen LogP contribution in [0.1, 0.15) is 5.56 Å². The maximum Gasteiger partial charge on any atom is 0.164 e. The van der Waals surface area contributed by atoms with Crippen molar-refractivity contribution in [2.24, 2.45) is 0 Å². The highest BCUT2D eigenvalue weighted by Crippen LogP contribution is 2.23. The van der Waals surface area contributed by atoms with E-state index in [-0.39, 0.29) is 0 Å². The number of nitrogen functional groups attached to an aromatic ring is 1. The topological polar surface area (TPSA) is 63.4 Å². The van der Waals surface area contributed by atoms with Crippen molar-refractivity contribution < 1.29 is 12.8 Å². The summed E-state index contributed by atoms with van der Waals surface area (Å²) in [5.41, 5.74) is 6.67. The summed E-state index contributed by atoms with van der Waals surface area (Å²) in [6, 6.07) is 4.34. The van der Waals surface area contributed by atoms with Crippen LogP contribution in [0.5, 0.6) is 0 Å². The largest absolute Gasteiger partial charge is 0.399 e. The lowest BCUT2D eigenvalue weighted by Crippen LogP contribution is -2.46. The van der Waals surface area contributed by atoms with Crippen LogP contribution < -0.4 is 5.73 Å². The Morgan fingerprint density at radius 1 is 1.47 bits per heavy atom. The summed E-state index contributed by atoms with van der Waals surface area (Å²) in [6.07, 6.45) is 1.25. The Kier molecular flexibility index (Phi) is 4.37. The lowest BCUT2D eigenvalue weighted by molar-refractivity contribution is 0.262. The molecule has 106 valence electrons. The van der Waals surface area contributed by atoms with Crippen LogP contribution in [0.4, 0.5) is 10.1 Å². The van der Waals surface area contributed by atoms with E-state index in [1.807, 2.05) is 4.90 Å². The summed E-state index contributed by atoms with van der Waals surface area (Å²) in [5, 5.41) is -0.504. The van der Waals surface area contributed by atoms with Crippen molar-refractivity contribution in [1.29, 1.82) is 0 Å². The standard InChI is InChI=1S/C12H17FN2O2S2/c1-19(16,17)12-8-18-3-2-15(12)7-9-4-10(13)6-11(14)5-9/h4-6,12H,2-3,7-8,14H2,1H3. The number of nitrogens with two attached hydrogens (primary N) is 1. The summed E-state index contributed by atoms with van der Waals surface area (Å²) >= 11 is 1.63. The third-order valence-electron chi connectivity index (χ3n) is 3.05. The molecule has 0 bridgehead atoms. The van der Waals surface area contributed by atoms with Crippen LogP contribution in [-0.2, 0) is 16.4 Å². The van der Waals surface area contributed by atoms with Gasteiger partial charge in [-0.25, -0.2) is 12.8 Å². The summed E-state index contributed by atoms with van der Waals surface area (Å²) in [7, 11) is -3.14. The van der Waals surface area contributed by atoms with Gasteiger partial charge in [-0.15, -0.1) is 0 Å². The quantitative estimate of drug-likeness (QED) is 0.854. The normalized spacial score (nSPS) is 21.5. The first kappa shape index (κ1) is 14.6. The van der Waals surface area contributed by atoms with Gasteiger partial charge in [0.25, 0.3) is 0 Å². The minimum atomic E-state index is -3.14. The summed E-state index contributed by atoms with van der Waals surface area (Å²) < 4.78 is 36.8. The highest BCUT2D eigenvalue weighted by Gasteiger charge is 2.30. The molecule has 2 N–H and O–H groups in total. The molecule has 0 saturated carbocycles. The fourth-order valence-electron chi connectivity index (χ4n) is 2.19. The van der Waals surface area contributed by atoms with Gasteiger partial charge in [0.1, 0.15) is 11.2 Å². The summed E-state index contributed by atoms with van der Waals surface area (Å²) in [6.45, 7) is 1.08. The van der Waals surface area contributed by atoms with Gasteiger partial charge in [-0.2, -0.15) is 11.8 Å². The number of benzene rings is 1. The fraction of sp³-hybridized carbons (Fsp3) is 0.500. The molecule has 1 aliphatic heterocycles. The zero-order chi connectivity index (χ0) is 14.0. The fourth-order valence-corrected chi connectivity index (χ4v) is 5.13. The van der Waals surface area contributed by atoms with Crippen molar-refractivity contribution in [2.45, 2.75) is 11.9 Å². The van der Waals surface area contributed by atoms with Crippen molar-refractivity contribution in [2.75, 3.05) is 30.0 Å². The number of halogens is 1. The Morgan fingerprint density at radius 2 is 2.21 bits per heavy atom. The first-order chi connectivity index (χ1) is 8.86. The highest BCUT2D eigenvalue weighted by molar-refractivity contribution is 8.00. The molecular weight excluding hydrogens is 287 g/mol. The van der Waals surface area contributed by atoms with E-state index >= 15 is 0 Å². The number of hydrogen-bond donors (Lipinski definition) is 1. The van der Waals surface area contributed by atoms with Gasteiger partial charge in [-0.1, -0.05) is 0 Å². The molecule has 0 spiro atoms. The lowest BCUT2D eigenvalue weighted by Gasteiger charge is -2.34. The van der Waals surface area contributed by atoms with Gasteiger partial charge < -0.3 is 5.73 Å². The molecule has 0 aliphatic carbocycles. The predicted molar refractivity (Wildman–Crippen MR) is 77.2 cm³/mol. The molecule has 1 aromatic carbocycles. The molecule has 1 heterocycles. The number of thioether (sulfide) groups is 1. The van der Waals surface area contributed by atoms with Crippen molar-refractivity contribution in [3.05, 3.63) is 29.6 Å². The third-order valence-corrected chi connectivity index (χ3v) is 5.74. The SMILES string of the molecule is CS(=O)(=O)C1CSCCN1Cc1cc(N)cc(F)c1. The summed E-state index contributed by atoms with van der Waals surface area (Å²) in [4.78, 5) is 1.88. The van der Waals surface area contributed by atoms with Gasteiger partial charge >= 0.3 is 0 Å². The molecule has 7 heteroatoms. The third kappa shape index (κ3) is 3.84. The second-order valence-electron chi connectivity index (χ2n) is 4.72. The Balaban J connectivity index is 2.20. The Bertz CT molecular complexity index is 543. The average Bonchev–Trinajstić information content (AvgIpc) is 2.26. The molecule has 1 atom stereocenters. The van der Waals surface area contributed by atoms with Crippen molar-refractivity contribution in [3.8, 4) is 0 Å². The van der Waals surface area contributed by atoms with E-state index in [9.17, 15) is 12.8 Å². The molecule has 4 nitrogen and oxygen atoms in total. The number of anilines is 1. The van der Waals surface area contributed by atoms with Crippen LogP contribution in [0.15, 0.2) is 18.2 Å². The molecule has 0 amide bonds. The van der Waals surface area contributed by atoms with Gasteiger partial charge in [0.05, 0.1) is 0 Å². The molecule has 1 aliphatic rings. The molecule has 19 heavy (non-hydrogen) atoms. The Morgan fingerprint density at radius 3 is 2.84 bits per heavy atom. The maximum absolute atomic E-state index is 13.3. The average molecular weight is 304 g/mol. The number of rotatable bonds is 3. The maximum atomic E-state index is 13.3. The van der Waals surface area contributed by atoms with Gasteiger partial charge in [-0.05, 0) is 23.8 Å².